The summed E-state index contributed by atoms with van der Waals surface area (Å²) in [4.78, 5) is 0. The van der Waals surface area contributed by atoms with E-state index in [1.807, 2.05) is 19.2 Å². The third kappa shape index (κ3) is 3.12. The van der Waals surface area contributed by atoms with Crippen LogP contribution in [0.25, 0.3) is 0 Å². The van der Waals surface area contributed by atoms with E-state index in [2.05, 4.69) is 5.32 Å². The molecule has 0 aromatic carbocycles. The zero-order valence-corrected chi connectivity index (χ0v) is 12.6. The maximum absolute atomic E-state index is 12.3. The Morgan fingerprint density at radius 2 is 2.17 bits per heavy atom. The summed E-state index contributed by atoms with van der Waals surface area (Å²) in [5.41, 5.74) is 1.06. The second-order valence-electron chi connectivity index (χ2n) is 5.04. The Hall–Kier alpha value is -0.430. The first kappa shape index (κ1) is 14.0. The first-order valence-electron chi connectivity index (χ1n) is 6.20. The standard InChI is InChI=1S/C12H20N2O2S2/c1-9(2)14(3)18(15,16)12-6-10(8-17-12)7-13-11-4-5-11/h6,8-9,11,13H,4-5,7H2,1-3H3. The van der Waals surface area contributed by atoms with Crippen LogP contribution < -0.4 is 5.32 Å². The first-order chi connectivity index (χ1) is 8.41. The Labute approximate surface area is 113 Å². The molecule has 0 saturated heterocycles. The highest BCUT2D eigenvalue weighted by Crippen LogP contribution is 2.25. The lowest BCUT2D eigenvalue weighted by molar-refractivity contribution is 0.412. The molecule has 2 rings (SSSR count). The van der Waals surface area contributed by atoms with Crippen molar-refractivity contribution in [3.05, 3.63) is 17.0 Å². The molecule has 1 aromatic rings. The third-order valence-corrected chi connectivity index (χ3v) is 6.66. The van der Waals surface area contributed by atoms with Crippen molar-refractivity contribution in [3.8, 4) is 0 Å². The maximum atomic E-state index is 12.3. The van der Waals surface area contributed by atoms with Crippen LogP contribution >= 0.6 is 11.3 Å². The van der Waals surface area contributed by atoms with Crippen LogP contribution in [-0.2, 0) is 16.6 Å². The molecule has 1 aliphatic rings. The van der Waals surface area contributed by atoms with Crippen molar-refractivity contribution >= 4 is 21.4 Å². The smallest absolute Gasteiger partial charge is 0.252 e. The molecule has 0 unspecified atom stereocenters. The topological polar surface area (TPSA) is 49.4 Å². The van der Waals surface area contributed by atoms with E-state index in [4.69, 9.17) is 0 Å². The van der Waals surface area contributed by atoms with Crippen LogP contribution in [0.1, 0.15) is 32.3 Å². The summed E-state index contributed by atoms with van der Waals surface area (Å²) in [6.07, 6.45) is 2.48. The normalized spacial score (nSPS) is 16.7. The number of hydrogen-bond donors (Lipinski definition) is 1. The summed E-state index contributed by atoms with van der Waals surface area (Å²) in [5.74, 6) is 0. The molecule has 0 radical (unpaired) electrons. The van der Waals surface area contributed by atoms with Crippen LogP contribution in [0.4, 0.5) is 0 Å². The molecule has 0 atom stereocenters. The Balaban J connectivity index is 2.07. The van der Waals surface area contributed by atoms with Gasteiger partial charge in [0.05, 0.1) is 0 Å². The van der Waals surface area contributed by atoms with Crippen molar-refractivity contribution in [1.82, 2.24) is 9.62 Å². The summed E-state index contributed by atoms with van der Waals surface area (Å²) in [7, 11) is -1.69. The molecule has 18 heavy (non-hydrogen) atoms. The fourth-order valence-electron chi connectivity index (χ4n) is 1.55. The summed E-state index contributed by atoms with van der Waals surface area (Å²) < 4.78 is 26.4. The molecule has 1 saturated carbocycles. The molecule has 1 aliphatic carbocycles. The fraction of sp³-hybridized carbons (Fsp3) is 0.667. The highest BCUT2D eigenvalue weighted by Gasteiger charge is 2.25. The van der Waals surface area contributed by atoms with Gasteiger partial charge in [-0.2, -0.15) is 4.31 Å². The van der Waals surface area contributed by atoms with Gasteiger partial charge in [0.1, 0.15) is 4.21 Å². The van der Waals surface area contributed by atoms with Gasteiger partial charge in [-0.25, -0.2) is 8.42 Å². The van der Waals surface area contributed by atoms with Crippen molar-refractivity contribution in [3.63, 3.8) is 0 Å². The van der Waals surface area contributed by atoms with Gasteiger partial charge < -0.3 is 5.32 Å². The maximum Gasteiger partial charge on any atom is 0.252 e. The van der Waals surface area contributed by atoms with Crippen molar-refractivity contribution in [1.29, 1.82) is 0 Å². The van der Waals surface area contributed by atoms with Crippen molar-refractivity contribution in [2.24, 2.45) is 0 Å². The summed E-state index contributed by atoms with van der Waals surface area (Å²) in [6.45, 7) is 4.52. The van der Waals surface area contributed by atoms with E-state index >= 15 is 0 Å². The summed E-state index contributed by atoms with van der Waals surface area (Å²) in [6, 6.07) is 2.40. The van der Waals surface area contributed by atoms with Gasteiger partial charge in [0.15, 0.2) is 0 Å². The van der Waals surface area contributed by atoms with Crippen molar-refractivity contribution in [2.45, 2.75) is 49.5 Å². The Morgan fingerprint density at radius 1 is 1.50 bits per heavy atom. The van der Waals surface area contributed by atoms with Gasteiger partial charge in [-0.15, -0.1) is 11.3 Å². The molecule has 6 heteroatoms. The predicted molar refractivity (Wildman–Crippen MR) is 74.3 cm³/mol. The molecule has 1 aromatic heterocycles. The van der Waals surface area contributed by atoms with E-state index in [1.54, 1.807) is 13.1 Å². The Kier molecular flexibility index (Phi) is 4.11. The lowest BCUT2D eigenvalue weighted by atomic mass is 10.3. The fourth-order valence-corrected chi connectivity index (χ4v) is 4.31. The summed E-state index contributed by atoms with van der Waals surface area (Å²) in [5, 5.41) is 5.31. The molecule has 0 aliphatic heterocycles. The molecular weight excluding hydrogens is 268 g/mol. The minimum Gasteiger partial charge on any atom is -0.310 e. The van der Waals surface area contributed by atoms with Gasteiger partial charge >= 0.3 is 0 Å². The number of sulfonamides is 1. The molecule has 1 fully saturated rings. The number of nitrogens with zero attached hydrogens (tertiary/aromatic N) is 1. The van der Waals surface area contributed by atoms with Gasteiger partial charge in [0.25, 0.3) is 10.0 Å². The van der Waals surface area contributed by atoms with Crippen LogP contribution in [0.3, 0.4) is 0 Å². The van der Waals surface area contributed by atoms with Crippen molar-refractivity contribution < 1.29 is 8.42 Å². The third-order valence-electron chi connectivity index (χ3n) is 3.16. The van der Waals surface area contributed by atoms with Crippen molar-refractivity contribution in [2.75, 3.05) is 7.05 Å². The highest BCUT2D eigenvalue weighted by atomic mass is 32.2. The average Bonchev–Trinajstić information content (AvgIpc) is 3.01. The minimum atomic E-state index is -3.32. The number of nitrogens with one attached hydrogen (secondary N) is 1. The minimum absolute atomic E-state index is 0.0230. The largest absolute Gasteiger partial charge is 0.310 e. The zero-order valence-electron chi connectivity index (χ0n) is 11.0. The van der Waals surface area contributed by atoms with Gasteiger partial charge in [-0.05, 0) is 43.7 Å². The second kappa shape index (κ2) is 5.28. The van der Waals surface area contributed by atoms with Gasteiger partial charge in [-0.1, -0.05) is 0 Å². The lowest BCUT2D eigenvalue weighted by Gasteiger charge is -2.19. The quantitative estimate of drug-likeness (QED) is 0.871. The molecule has 0 bridgehead atoms. The lowest BCUT2D eigenvalue weighted by Crippen LogP contribution is -2.32. The average molecular weight is 288 g/mol. The predicted octanol–water partition coefficient (Wildman–Crippen LogP) is 2.03. The van der Waals surface area contributed by atoms with Gasteiger partial charge in [-0.3, -0.25) is 0 Å². The van der Waals surface area contributed by atoms with E-state index < -0.39 is 10.0 Å². The molecule has 1 heterocycles. The SMILES string of the molecule is CC(C)N(C)S(=O)(=O)c1cc(CNC2CC2)cs1. The molecular formula is C12H20N2O2S2. The Morgan fingerprint density at radius 3 is 2.72 bits per heavy atom. The molecule has 4 nitrogen and oxygen atoms in total. The van der Waals surface area contributed by atoms with Crippen LogP contribution in [-0.4, -0.2) is 31.9 Å². The molecule has 102 valence electrons. The van der Waals surface area contributed by atoms with E-state index in [-0.39, 0.29) is 6.04 Å². The Bertz CT molecular complexity index is 504. The summed E-state index contributed by atoms with van der Waals surface area (Å²) >= 11 is 1.30. The zero-order chi connectivity index (χ0) is 13.3. The molecule has 1 N–H and O–H groups in total. The van der Waals surface area contributed by atoms with E-state index in [1.165, 1.54) is 28.5 Å². The van der Waals surface area contributed by atoms with E-state index in [9.17, 15) is 8.42 Å². The monoisotopic (exact) mass is 288 g/mol. The van der Waals surface area contributed by atoms with Gasteiger partial charge in [0.2, 0.25) is 0 Å². The molecule has 0 amide bonds. The van der Waals surface area contributed by atoms with Crippen LogP contribution in [0, 0.1) is 0 Å². The van der Waals surface area contributed by atoms with Crippen LogP contribution in [0.2, 0.25) is 0 Å². The number of rotatable bonds is 6. The molecule has 0 spiro atoms. The first-order valence-corrected chi connectivity index (χ1v) is 8.52. The number of hydrogen-bond acceptors (Lipinski definition) is 4. The highest BCUT2D eigenvalue weighted by molar-refractivity contribution is 7.91. The van der Waals surface area contributed by atoms with Gasteiger partial charge in [0, 0.05) is 25.7 Å². The van der Waals surface area contributed by atoms with Crippen LogP contribution in [0.15, 0.2) is 15.7 Å². The number of thiophene rings is 1. The van der Waals surface area contributed by atoms with Crippen LogP contribution in [0.5, 0.6) is 0 Å². The second-order valence-corrected chi connectivity index (χ2v) is 8.18. The van der Waals surface area contributed by atoms with E-state index in [0.717, 1.165) is 12.1 Å². The van der Waals surface area contributed by atoms with E-state index in [0.29, 0.717) is 10.3 Å².